The van der Waals surface area contributed by atoms with Gasteiger partial charge in [-0.15, -0.1) is 0 Å². The molecular weight excluding hydrogens is 299 g/mol. The molecule has 0 aromatic rings. The normalized spacial score (nSPS) is 42.8. The molecule has 0 radical (unpaired) electrons. The third-order valence-corrected chi connectivity index (χ3v) is 5.98. The number of hydrogen-bond donors (Lipinski definition) is 0. The van der Waals surface area contributed by atoms with Gasteiger partial charge in [-0.1, -0.05) is 36.4 Å². The number of ether oxygens (including phenoxy) is 1. The Hall–Kier alpha value is 0.690. The molecule has 2 aliphatic rings. The molecule has 0 aromatic heterocycles. The molecule has 2 heteroatoms. The van der Waals surface area contributed by atoms with Crippen molar-refractivity contribution in [3.05, 3.63) is 0 Å². The first kappa shape index (κ1) is 12.2. The van der Waals surface area contributed by atoms with Gasteiger partial charge in [-0.25, -0.2) is 0 Å². The second kappa shape index (κ2) is 3.86. The van der Waals surface area contributed by atoms with Crippen molar-refractivity contribution in [2.24, 2.45) is 17.3 Å². The Morgan fingerprint density at radius 1 is 1.27 bits per heavy atom. The predicted octanol–water partition coefficient (Wildman–Crippen LogP) is 4.04. The van der Waals surface area contributed by atoms with Crippen LogP contribution in [0.4, 0.5) is 0 Å². The molecule has 2 aliphatic carbocycles. The summed E-state index contributed by atoms with van der Waals surface area (Å²) in [4.78, 5) is 0. The van der Waals surface area contributed by atoms with Gasteiger partial charge in [0.05, 0.1) is 11.7 Å². The van der Waals surface area contributed by atoms with Crippen molar-refractivity contribution in [3.8, 4) is 0 Å². The van der Waals surface area contributed by atoms with Crippen molar-refractivity contribution in [3.63, 3.8) is 0 Å². The molecule has 0 amide bonds. The van der Waals surface area contributed by atoms with E-state index in [1.807, 2.05) is 0 Å². The quantitative estimate of drug-likeness (QED) is 0.563. The minimum Gasteiger partial charge on any atom is -0.371 e. The maximum atomic E-state index is 6.39. The zero-order chi connectivity index (χ0) is 11.3. The number of alkyl halides is 1. The lowest BCUT2D eigenvalue weighted by Gasteiger charge is -2.49. The van der Waals surface area contributed by atoms with Crippen LogP contribution >= 0.6 is 22.6 Å². The van der Waals surface area contributed by atoms with Crippen molar-refractivity contribution in [2.45, 2.75) is 58.7 Å². The van der Waals surface area contributed by atoms with Crippen LogP contribution in [0.3, 0.4) is 0 Å². The first-order chi connectivity index (χ1) is 6.94. The van der Waals surface area contributed by atoms with Gasteiger partial charge in [0.1, 0.15) is 0 Å². The van der Waals surface area contributed by atoms with Crippen LogP contribution in [0.2, 0.25) is 0 Å². The van der Waals surface area contributed by atoms with Gasteiger partial charge in [-0.3, -0.25) is 0 Å². The Labute approximate surface area is 107 Å². The average molecular weight is 322 g/mol. The van der Waals surface area contributed by atoms with E-state index in [2.05, 4.69) is 50.3 Å². The highest BCUT2D eigenvalue weighted by molar-refractivity contribution is 14.1. The highest BCUT2D eigenvalue weighted by Crippen LogP contribution is 2.63. The van der Waals surface area contributed by atoms with Gasteiger partial charge >= 0.3 is 0 Å². The third kappa shape index (κ3) is 1.58. The maximum Gasteiger partial charge on any atom is 0.0856 e. The van der Waals surface area contributed by atoms with Gasteiger partial charge in [0.15, 0.2) is 0 Å². The summed E-state index contributed by atoms with van der Waals surface area (Å²) in [7, 11) is 0. The van der Waals surface area contributed by atoms with Crippen molar-refractivity contribution in [1.29, 1.82) is 0 Å². The molecule has 15 heavy (non-hydrogen) atoms. The van der Waals surface area contributed by atoms with Crippen molar-refractivity contribution < 1.29 is 4.74 Å². The van der Waals surface area contributed by atoms with Gasteiger partial charge in [0.25, 0.3) is 0 Å². The van der Waals surface area contributed by atoms with Gasteiger partial charge in [-0.2, -0.15) is 0 Å². The van der Waals surface area contributed by atoms with E-state index in [0.29, 0.717) is 11.5 Å². The molecule has 3 atom stereocenters. The second-order valence-electron chi connectivity index (χ2n) is 6.12. The predicted molar refractivity (Wildman–Crippen MR) is 72.5 cm³/mol. The van der Waals surface area contributed by atoms with Gasteiger partial charge in [0.2, 0.25) is 0 Å². The Bertz CT molecular complexity index is 249. The summed E-state index contributed by atoms with van der Waals surface area (Å²) in [6.07, 6.45) is 4.59. The van der Waals surface area contributed by atoms with Crippen molar-refractivity contribution in [1.82, 2.24) is 0 Å². The molecule has 0 saturated heterocycles. The SMILES string of the molecule is CC(C)OC1(CI)C2CCC(C2)C1(C)C. The molecule has 0 spiro atoms. The summed E-state index contributed by atoms with van der Waals surface area (Å²) in [5.41, 5.74) is 0.534. The molecule has 0 N–H and O–H groups in total. The number of fused-ring (bicyclic) bond motifs is 2. The van der Waals surface area contributed by atoms with Gasteiger partial charge in [-0.05, 0) is 50.4 Å². The maximum absolute atomic E-state index is 6.39. The lowest BCUT2D eigenvalue weighted by Crippen LogP contribution is -2.54. The summed E-state index contributed by atoms with van der Waals surface area (Å²) >= 11 is 2.53. The molecule has 2 saturated carbocycles. The van der Waals surface area contributed by atoms with Crippen LogP contribution in [0.25, 0.3) is 0 Å². The molecule has 1 nitrogen and oxygen atoms in total. The van der Waals surface area contributed by atoms with E-state index in [1.54, 1.807) is 0 Å². The van der Waals surface area contributed by atoms with E-state index in [1.165, 1.54) is 19.3 Å². The van der Waals surface area contributed by atoms with E-state index < -0.39 is 0 Å². The van der Waals surface area contributed by atoms with Crippen molar-refractivity contribution >= 4 is 22.6 Å². The van der Waals surface area contributed by atoms with Crippen LogP contribution in [0, 0.1) is 17.3 Å². The topological polar surface area (TPSA) is 9.23 Å². The monoisotopic (exact) mass is 322 g/mol. The Morgan fingerprint density at radius 3 is 2.27 bits per heavy atom. The Kier molecular flexibility index (Phi) is 3.13. The van der Waals surface area contributed by atoms with E-state index >= 15 is 0 Å². The molecule has 88 valence electrons. The minimum atomic E-state index is 0.157. The number of halogens is 1. The first-order valence-corrected chi connectivity index (χ1v) is 7.70. The van der Waals surface area contributed by atoms with Gasteiger partial charge in [0, 0.05) is 4.43 Å². The summed E-state index contributed by atoms with van der Waals surface area (Å²) < 4.78 is 7.54. The fourth-order valence-corrected chi connectivity index (χ4v) is 5.70. The van der Waals surface area contributed by atoms with Gasteiger partial charge < -0.3 is 4.74 Å². The van der Waals surface area contributed by atoms with E-state index in [0.717, 1.165) is 16.3 Å². The summed E-state index contributed by atoms with van der Waals surface area (Å²) in [5, 5.41) is 0. The zero-order valence-electron chi connectivity index (χ0n) is 10.3. The Balaban J connectivity index is 2.30. The van der Waals surface area contributed by atoms with E-state index in [-0.39, 0.29) is 5.60 Å². The third-order valence-electron chi connectivity index (χ3n) is 4.85. The second-order valence-corrected chi connectivity index (χ2v) is 6.88. The minimum absolute atomic E-state index is 0.157. The summed E-state index contributed by atoms with van der Waals surface area (Å²) in [5.74, 6) is 1.72. The molecule has 2 fully saturated rings. The highest BCUT2D eigenvalue weighted by atomic mass is 127. The standard InChI is InChI=1S/C13H23IO/c1-9(2)15-13(8-14)11-6-5-10(7-11)12(13,3)4/h9-11H,5-8H2,1-4H3. The first-order valence-electron chi connectivity index (χ1n) is 6.18. The fraction of sp³-hybridized carbons (Fsp3) is 1.00. The fourth-order valence-electron chi connectivity index (χ4n) is 3.91. The van der Waals surface area contributed by atoms with Crippen LogP contribution in [0.5, 0.6) is 0 Å². The van der Waals surface area contributed by atoms with Crippen molar-refractivity contribution in [2.75, 3.05) is 4.43 Å². The van der Waals surface area contributed by atoms with E-state index in [4.69, 9.17) is 4.74 Å². The zero-order valence-corrected chi connectivity index (χ0v) is 12.5. The smallest absolute Gasteiger partial charge is 0.0856 e. The number of rotatable bonds is 3. The summed E-state index contributed by atoms with van der Waals surface area (Å²) in [6, 6.07) is 0. The lowest BCUT2D eigenvalue weighted by atomic mass is 9.66. The lowest BCUT2D eigenvalue weighted by molar-refractivity contribution is -0.159. The molecule has 0 aliphatic heterocycles. The average Bonchev–Trinajstić information content (AvgIpc) is 2.67. The van der Waals surface area contributed by atoms with Crippen LogP contribution in [0.1, 0.15) is 47.0 Å². The molecule has 3 unspecified atom stereocenters. The molecule has 2 bridgehead atoms. The summed E-state index contributed by atoms with van der Waals surface area (Å²) in [6.45, 7) is 9.21. The molecule has 2 rings (SSSR count). The van der Waals surface area contributed by atoms with Crippen LogP contribution < -0.4 is 0 Å². The van der Waals surface area contributed by atoms with E-state index in [9.17, 15) is 0 Å². The van der Waals surface area contributed by atoms with Crippen LogP contribution in [0.15, 0.2) is 0 Å². The number of hydrogen-bond acceptors (Lipinski definition) is 1. The Morgan fingerprint density at radius 2 is 1.87 bits per heavy atom. The molecule has 0 heterocycles. The molecule has 0 aromatic carbocycles. The highest BCUT2D eigenvalue weighted by Gasteiger charge is 2.63. The van der Waals surface area contributed by atoms with Crippen LogP contribution in [-0.4, -0.2) is 16.1 Å². The van der Waals surface area contributed by atoms with Crippen LogP contribution in [-0.2, 0) is 4.74 Å². The largest absolute Gasteiger partial charge is 0.371 e. The molecular formula is C13H23IO.